The average Bonchev–Trinajstić information content (AvgIpc) is 3.23. The number of aromatic nitrogens is 3. The molecule has 0 saturated carbocycles. The maximum atomic E-state index is 14.3. The first-order valence-corrected chi connectivity index (χ1v) is 13.0. The fourth-order valence-electron chi connectivity index (χ4n) is 5.80. The Morgan fingerprint density at radius 1 is 1.23 bits per heavy atom. The van der Waals surface area contributed by atoms with Gasteiger partial charge in [-0.3, -0.25) is 14.4 Å². The zero-order chi connectivity index (χ0) is 27.3. The molecule has 0 unspecified atom stereocenters. The Hall–Kier alpha value is -3.86. The molecule has 204 valence electrons. The van der Waals surface area contributed by atoms with Crippen LogP contribution in [0.15, 0.2) is 49.4 Å². The molecule has 3 aliphatic heterocycles. The van der Waals surface area contributed by atoms with Crippen LogP contribution in [-0.2, 0) is 24.6 Å². The molecule has 5 heterocycles. The molecular formula is C28H29F3N6O2. The highest BCUT2D eigenvalue weighted by molar-refractivity contribution is 5.87. The van der Waals surface area contributed by atoms with E-state index in [0.29, 0.717) is 49.2 Å². The number of likely N-dealkylation sites (tertiary alicyclic amines) is 2. The van der Waals surface area contributed by atoms with Crippen LogP contribution in [0, 0.1) is 0 Å². The molecule has 2 aromatic heterocycles. The van der Waals surface area contributed by atoms with Gasteiger partial charge in [0.1, 0.15) is 12.4 Å². The number of piperidine rings is 1. The Morgan fingerprint density at radius 2 is 2.00 bits per heavy atom. The van der Waals surface area contributed by atoms with Gasteiger partial charge in [-0.25, -0.2) is 4.98 Å². The maximum absolute atomic E-state index is 14.3. The number of halogens is 3. The number of carbonyl (C=O) groups excluding carboxylic acids is 1. The lowest BCUT2D eigenvalue weighted by Crippen LogP contribution is -2.54. The van der Waals surface area contributed by atoms with Crippen molar-refractivity contribution in [3.05, 3.63) is 66.1 Å². The fraction of sp³-hybridized carbons (Fsp3) is 0.393. The van der Waals surface area contributed by atoms with Gasteiger partial charge in [0, 0.05) is 68.7 Å². The Bertz CT molecular complexity index is 1420. The van der Waals surface area contributed by atoms with E-state index in [1.165, 1.54) is 12.1 Å². The van der Waals surface area contributed by atoms with Crippen molar-refractivity contribution in [2.75, 3.05) is 31.5 Å². The first-order valence-electron chi connectivity index (χ1n) is 13.0. The van der Waals surface area contributed by atoms with Crippen molar-refractivity contribution in [1.29, 1.82) is 0 Å². The number of nitrogens with one attached hydrogen (secondary N) is 1. The standard InChI is InChI=1S/C28H29F3N6O2/c1-3-25(38)36-8-5-20(6-9-36)37-14-19(15-37)17-10-23(28(29,30)31)26-24(11-17)34-27-22(16-39-26)21(4-7-32-27)18-12-33-35(2)13-18/h3-4,7,10-13,19-20H,1,5-6,8-9,14-16H2,2H3,(H,32,34). The summed E-state index contributed by atoms with van der Waals surface area (Å²) in [7, 11) is 1.80. The fourth-order valence-corrected chi connectivity index (χ4v) is 5.80. The van der Waals surface area contributed by atoms with Crippen LogP contribution in [0.4, 0.5) is 24.7 Å². The zero-order valence-electron chi connectivity index (χ0n) is 21.5. The third-order valence-corrected chi connectivity index (χ3v) is 7.95. The van der Waals surface area contributed by atoms with Gasteiger partial charge in [-0.15, -0.1) is 0 Å². The topological polar surface area (TPSA) is 75.5 Å². The summed E-state index contributed by atoms with van der Waals surface area (Å²) < 4.78 is 50.3. The number of anilines is 2. The van der Waals surface area contributed by atoms with E-state index in [-0.39, 0.29) is 29.9 Å². The van der Waals surface area contributed by atoms with Crippen molar-refractivity contribution >= 4 is 17.4 Å². The van der Waals surface area contributed by atoms with Gasteiger partial charge in [-0.1, -0.05) is 6.58 Å². The second-order valence-electron chi connectivity index (χ2n) is 10.4. The molecule has 3 aliphatic rings. The number of alkyl halides is 3. The molecule has 0 bridgehead atoms. The number of aryl methyl sites for hydroxylation is 1. The molecule has 3 aromatic rings. The molecule has 8 nitrogen and oxygen atoms in total. The van der Waals surface area contributed by atoms with E-state index in [1.54, 1.807) is 35.1 Å². The smallest absolute Gasteiger partial charge is 0.420 e. The Balaban J connectivity index is 1.25. The molecule has 1 aromatic carbocycles. The number of pyridine rings is 1. The number of nitrogens with zero attached hydrogens (tertiary/aromatic N) is 5. The molecule has 11 heteroatoms. The van der Waals surface area contributed by atoms with Gasteiger partial charge < -0.3 is 15.0 Å². The van der Waals surface area contributed by atoms with Crippen LogP contribution in [0.3, 0.4) is 0 Å². The summed E-state index contributed by atoms with van der Waals surface area (Å²) >= 11 is 0. The molecule has 39 heavy (non-hydrogen) atoms. The lowest BCUT2D eigenvalue weighted by Gasteiger charge is -2.47. The number of ether oxygens (including phenoxy) is 1. The third kappa shape index (κ3) is 4.75. The van der Waals surface area contributed by atoms with Crippen molar-refractivity contribution in [2.24, 2.45) is 7.05 Å². The summed E-state index contributed by atoms with van der Waals surface area (Å²) in [6.07, 6.45) is 3.63. The molecule has 0 aliphatic carbocycles. The molecule has 0 radical (unpaired) electrons. The highest BCUT2D eigenvalue weighted by Crippen LogP contribution is 2.47. The van der Waals surface area contributed by atoms with Gasteiger partial charge in [-0.2, -0.15) is 18.3 Å². The van der Waals surface area contributed by atoms with Crippen molar-refractivity contribution < 1.29 is 22.7 Å². The minimum absolute atomic E-state index is 0.0246. The Labute approximate surface area is 224 Å². The molecule has 2 saturated heterocycles. The molecule has 0 atom stereocenters. The van der Waals surface area contributed by atoms with Crippen molar-refractivity contribution in [1.82, 2.24) is 24.6 Å². The minimum atomic E-state index is -4.58. The largest absolute Gasteiger partial charge is 0.486 e. The Morgan fingerprint density at radius 3 is 2.67 bits per heavy atom. The monoisotopic (exact) mass is 538 g/mol. The van der Waals surface area contributed by atoms with Gasteiger partial charge in [0.25, 0.3) is 0 Å². The van der Waals surface area contributed by atoms with Crippen LogP contribution in [0.25, 0.3) is 11.1 Å². The predicted octanol–water partition coefficient (Wildman–Crippen LogP) is 4.71. The molecule has 0 spiro atoms. The van der Waals surface area contributed by atoms with Crippen LogP contribution in [0.5, 0.6) is 5.75 Å². The summed E-state index contributed by atoms with van der Waals surface area (Å²) in [6, 6.07) is 5.14. The van der Waals surface area contributed by atoms with Gasteiger partial charge in [0.15, 0.2) is 5.75 Å². The van der Waals surface area contributed by atoms with Crippen molar-refractivity contribution in [3.63, 3.8) is 0 Å². The quantitative estimate of drug-likeness (QED) is 0.485. The second-order valence-corrected chi connectivity index (χ2v) is 10.4. The van der Waals surface area contributed by atoms with Crippen molar-refractivity contribution in [3.8, 4) is 16.9 Å². The normalized spacial score (nSPS) is 18.3. The van der Waals surface area contributed by atoms with E-state index in [0.717, 1.165) is 24.0 Å². The van der Waals surface area contributed by atoms with E-state index in [9.17, 15) is 18.0 Å². The third-order valence-electron chi connectivity index (χ3n) is 7.95. The van der Waals surface area contributed by atoms with Crippen LogP contribution in [0.1, 0.15) is 35.4 Å². The summed E-state index contributed by atoms with van der Waals surface area (Å²) in [5.74, 6) is 0.176. The lowest BCUT2D eigenvalue weighted by molar-refractivity contribution is -0.139. The van der Waals surface area contributed by atoms with E-state index in [4.69, 9.17) is 4.74 Å². The number of fused-ring (bicyclic) bond motifs is 2. The summed E-state index contributed by atoms with van der Waals surface area (Å²) in [4.78, 5) is 20.4. The number of carbonyl (C=O) groups is 1. The van der Waals surface area contributed by atoms with Gasteiger partial charge in [0.05, 0.1) is 17.4 Å². The van der Waals surface area contributed by atoms with Crippen LogP contribution >= 0.6 is 0 Å². The molecule has 1 N–H and O–H groups in total. The van der Waals surface area contributed by atoms with Crippen LogP contribution in [0.2, 0.25) is 0 Å². The van der Waals surface area contributed by atoms with Crippen LogP contribution in [-0.4, -0.2) is 62.7 Å². The predicted molar refractivity (Wildman–Crippen MR) is 140 cm³/mol. The summed E-state index contributed by atoms with van der Waals surface area (Å²) in [6.45, 7) is 6.19. The van der Waals surface area contributed by atoms with Crippen LogP contribution < -0.4 is 10.1 Å². The van der Waals surface area contributed by atoms with E-state index in [1.807, 2.05) is 12.3 Å². The van der Waals surface area contributed by atoms with Gasteiger partial charge in [0.2, 0.25) is 5.91 Å². The lowest BCUT2D eigenvalue weighted by atomic mass is 9.86. The molecule has 6 rings (SSSR count). The number of hydrogen-bond acceptors (Lipinski definition) is 6. The van der Waals surface area contributed by atoms with Gasteiger partial charge in [-0.05, 0) is 48.2 Å². The van der Waals surface area contributed by atoms with E-state index in [2.05, 4.69) is 26.9 Å². The number of benzene rings is 1. The molecule has 2 fully saturated rings. The minimum Gasteiger partial charge on any atom is -0.486 e. The average molecular weight is 539 g/mol. The van der Waals surface area contributed by atoms with Crippen molar-refractivity contribution in [2.45, 2.75) is 37.6 Å². The van der Waals surface area contributed by atoms with Gasteiger partial charge >= 0.3 is 6.18 Å². The van der Waals surface area contributed by atoms with E-state index < -0.39 is 11.7 Å². The Kier molecular flexibility index (Phi) is 6.33. The van der Waals surface area contributed by atoms with E-state index >= 15 is 0 Å². The summed E-state index contributed by atoms with van der Waals surface area (Å²) in [5, 5.41) is 7.36. The zero-order valence-corrected chi connectivity index (χ0v) is 21.5. The number of rotatable bonds is 4. The maximum Gasteiger partial charge on any atom is 0.420 e. The second kappa shape index (κ2) is 9.71. The number of amides is 1. The highest BCUT2D eigenvalue weighted by Gasteiger charge is 2.40. The first kappa shape index (κ1) is 25.4. The first-order chi connectivity index (χ1) is 18.7. The number of hydrogen-bond donors (Lipinski definition) is 1. The SMILES string of the molecule is C=CC(=O)N1CCC(N2CC(c3cc4c(c(C(F)(F)F)c3)OCc3c(-c5cnn(C)c5)ccnc3N4)C2)CC1. The highest BCUT2D eigenvalue weighted by atomic mass is 19.4. The summed E-state index contributed by atoms with van der Waals surface area (Å²) in [5.41, 5.74) is 2.42. The molecule has 1 amide bonds. The molecular weight excluding hydrogens is 509 g/mol.